The number of hydrogen-bond acceptors (Lipinski definition) is 5. The Hall–Kier alpha value is -4.30. The van der Waals surface area contributed by atoms with Gasteiger partial charge in [0, 0.05) is 5.69 Å². The minimum Gasteiger partial charge on any atom is -0.490 e. The molecule has 184 valence electrons. The van der Waals surface area contributed by atoms with Crippen LogP contribution in [0, 0.1) is 0 Å². The average Bonchev–Trinajstić information content (AvgIpc) is 3.12. The number of nitrogens with one attached hydrogen (secondary N) is 2. The largest absolute Gasteiger partial charge is 0.490 e. The Bertz CT molecular complexity index is 1300. The normalized spacial score (nSPS) is 14.1. The molecule has 1 aliphatic heterocycles. The fourth-order valence-electron chi connectivity index (χ4n) is 3.58. The van der Waals surface area contributed by atoms with Gasteiger partial charge in [0.2, 0.25) is 0 Å². The van der Waals surface area contributed by atoms with Crippen molar-refractivity contribution >= 4 is 41.2 Å². The molecule has 4 amide bonds. The van der Waals surface area contributed by atoms with E-state index in [9.17, 15) is 14.4 Å². The molecule has 1 aliphatic rings. The summed E-state index contributed by atoms with van der Waals surface area (Å²) in [5, 5.41) is 5.53. The van der Waals surface area contributed by atoms with Crippen LogP contribution < -0.4 is 20.1 Å². The maximum absolute atomic E-state index is 12.9. The topological polar surface area (TPSA) is 97.0 Å². The zero-order valence-corrected chi connectivity index (χ0v) is 20.2. The highest BCUT2D eigenvalue weighted by atomic mass is 35.5. The van der Waals surface area contributed by atoms with Crippen molar-refractivity contribution < 1.29 is 23.9 Å². The van der Waals surface area contributed by atoms with Crippen LogP contribution in [-0.2, 0) is 16.1 Å². The number of halogens is 1. The maximum Gasteiger partial charge on any atom is 0.329 e. The number of rotatable bonds is 9. The van der Waals surface area contributed by atoms with E-state index in [0.717, 1.165) is 10.5 Å². The maximum atomic E-state index is 12.9. The molecule has 0 radical (unpaired) electrons. The second-order valence-corrected chi connectivity index (χ2v) is 8.24. The van der Waals surface area contributed by atoms with E-state index in [2.05, 4.69) is 10.6 Å². The second-order valence-electron chi connectivity index (χ2n) is 7.83. The summed E-state index contributed by atoms with van der Waals surface area (Å²) in [6.45, 7) is 2.00. The Labute approximate surface area is 213 Å². The summed E-state index contributed by atoms with van der Waals surface area (Å²) in [6.07, 6.45) is 1.52. The zero-order chi connectivity index (χ0) is 25.5. The van der Waals surface area contributed by atoms with Gasteiger partial charge in [-0.1, -0.05) is 60.1 Å². The van der Waals surface area contributed by atoms with Crippen molar-refractivity contribution in [1.29, 1.82) is 0 Å². The summed E-state index contributed by atoms with van der Waals surface area (Å²) in [7, 11) is 0. The lowest BCUT2D eigenvalue weighted by Gasteiger charge is -2.14. The van der Waals surface area contributed by atoms with Crippen LogP contribution in [0.3, 0.4) is 0 Å². The fourth-order valence-corrected chi connectivity index (χ4v) is 3.85. The van der Waals surface area contributed by atoms with Crippen molar-refractivity contribution in [2.75, 3.05) is 18.5 Å². The Balaban J connectivity index is 1.49. The molecule has 1 saturated heterocycles. The van der Waals surface area contributed by atoms with Crippen LogP contribution in [0.1, 0.15) is 18.1 Å². The van der Waals surface area contributed by atoms with Gasteiger partial charge >= 0.3 is 6.03 Å². The fraction of sp³-hybridized carbons (Fsp3) is 0.148. The molecule has 1 heterocycles. The van der Waals surface area contributed by atoms with Gasteiger partial charge in [0.1, 0.15) is 5.70 Å². The lowest BCUT2D eigenvalue weighted by molar-refractivity contribution is -0.123. The number of para-hydroxylation sites is 1. The molecule has 0 saturated carbocycles. The molecule has 0 spiro atoms. The van der Waals surface area contributed by atoms with Gasteiger partial charge in [-0.05, 0) is 48.4 Å². The first-order valence-electron chi connectivity index (χ1n) is 11.3. The van der Waals surface area contributed by atoms with Gasteiger partial charge in [0.05, 0.1) is 18.2 Å². The number of benzene rings is 3. The number of carbonyl (C=O) groups is 3. The van der Waals surface area contributed by atoms with E-state index in [-0.39, 0.29) is 35.5 Å². The number of nitrogens with zero attached hydrogens (tertiary/aromatic N) is 1. The predicted molar refractivity (Wildman–Crippen MR) is 137 cm³/mol. The first-order chi connectivity index (χ1) is 17.4. The molecule has 0 bridgehead atoms. The number of ether oxygens (including phenoxy) is 2. The third-order valence-corrected chi connectivity index (χ3v) is 5.47. The molecular formula is C27H24ClN3O5. The van der Waals surface area contributed by atoms with Gasteiger partial charge in [0.25, 0.3) is 11.8 Å². The Kier molecular flexibility index (Phi) is 7.87. The van der Waals surface area contributed by atoms with Crippen molar-refractivity contribution in [3.8, 4) is 11.5 Å². The van der Waals surface area contributed by atoms with Crippen LogP contribution in [0.15, 0.2) is 78.5 Å². The highest BCUT2D eigenvalue weighted by Gasteiger charge is 2.33. The second kappa shape index (κ2) is 11.4. The summed E-state index contributed by atoms with van der Waals surface area (Å²) >= 11 is 6.45. The van der Waals surface area contributed by atoms with E-state index in [1.165, 1.54) is 6.08 Å². The van der Waals surface area contributed by atoms with Crippen LogP contribution in [0.5, 0.6) is 11.5 Å². The van der Waals surface area contributed by atoms with Crippen molar-refractivity contribution in [1.82, 2.24) is 10.2 Å². The van der Waals surface area contributed by atoms with Crippen molar-refractivity contribution in [3.63, 3.8) is 0 Å². The standard InChI is InChI=1S/C27H24ClN3O5/c1-2-35-23-15-19(13-21(28)25(23)36-17-24(32)29-20-11-7-4-8-12-20)14-22-26(33)31(27(34)30-22)16-18-9-5-3-6-10-18/h3-15H,2,16-17H2,1H3,(H,29,32)(H,30,34)/b22-14+. The van der Waals surface area contributed by atoms with Gasteiger partial charge in [-0.2, -0.15) is 0 Å². The number of imide groups is 1. The SMILES string of the molecule is CCOc1cc(/C=C2/NC(=O)N(Cc3ccccc3)C2=O)cc(Cl)c1OCC(=O)Nc1ccccc1. The molecule has 1 fully saturated rings. The quantitative estimate of drug-likeness (QED) is 0.320. The van der Waals surface area contributed by atoms with E-state index >= 15 is 0 Å². The summed E-state index contributed by atoms with van der Waals surface area (Å²) in [4.78, 5) is 38.7. The molecular weight excluding hydrogens is 482 g/mol. The summed E-state index contributed by atoms with van der Waals surface area (Å²) in [6, 6.07) is 20.9. The molecule has 3 aromatic carbocycles. The van der Waals surface area contributed by atoms with E-state index in [1.807, 2.05) is 48.5 Å². The molecule has 2 N–H and O–H groups in total. The van der Waals surface area contributed by atoms with Gasteiger partial charge < -0.3 is 20.1 Å². The van der Waals surface area contributed by atoms with E-state index < -0.39 is 11.9 Å². The van der Waals surface area contributed by atoms with Crippen molar-refractivity contribution in [2.24, 2.45) is 0 Å². The molecule has 0 aromatic heterocycles. The van der Waals surface area contributed by atoms with E-state index in [4.69, 9.17) is 21.1 Å². The zero-order valence-electron chi connectivity index (χ0n) is 19.5. The van der Waals surface area contributed by atoms with Crippen LogP contribution in [0.2, 0.25) is 5.02 Å². The Morgan fingerprint density at radius 3 is 2.42 bits per heavy atom. The number of carbonyl (C=O) groups excluding carboxylic acids is 3. The Morgan fingerprint density at radius 1 is 1.03 bits per heavy atom. The van der Waals surface area contributed by atoms with Crippen LogP contribution in [0.4, 0.5) is 10.5 Å². The number of urea groups is 1. The minimum atomic E-state index is -0.504. The molecule has 9 heteroatoms. The number of hydrogen-bond donors (Lipinski definition) is 2. The highest BCUT2D eigenvalue weighted by molar-refractivity contribution is 6.32. The van der Waals surface area contributed by atoms with Gasteiger partial charge in [-0.25, -0.2) is 4.79 Å². The number of amides is 4. The third kappa shape index (κ3) is 6.03. The predicted octanol–water partition coefficient (Wildman–Crippen LogP) is 4.85. The summed E-state index contributed by atoms with van der Waals surface area (Å²) in [5.74, 6) is -0.293. The van der Waals surface area contributed by atoms with Crippen LogP contribution >= 0.6 is 11.6 Å². The lowest BCUT2D eigenvalue weighted by Crippen LogP contribution is -2.30. The van der Waals surface area contributed by atoms with Gasteiger partial charge in [-0.15, -0.1) is 0 Å². The first kappa shape index (κ1) is 24.8. The van der Waals surface area contributed by atoms with Crippen molar-refractivity contribution in [3.05, 3.63) is 94.6 Å². The minimum absolute atomic E-state index is 0.116. The molecule has 0 atom stereocenters. The van der Waals surface area contributed by atoms with E-state index in [1.54, 1.807) is 31.2 Å². The number of anilines is 1. The lowest BCUT2D eigenvalue weighted by atomic mass is 10.1. The Morgan fingerprint density at radius 2 is 1.72 bits per heavy atom. The van der Waals surface area contributed by atoms with E-state index in [0.29, 0.717) is 23.6 Å². The molecule has 36 heavy (non-hydrogen) atoms. The molecule has 3 aromatic rings. The van der Waals surface area contributed by atoms with Crippen LogP contribution in [-0.4, -0.2) is 36.0 Å². The monoisotopic (exact) mass is 505 g/mol. The molecule has 0 unspecified atom stereocenters. The summed E-state index contributed by atoms with van der Waals surface area (Å²) in [5.41, 5.74) is 2.12. The average molecular weight is 506 g/mol. The molecule has 8 nitrogen and oxygen atoms in total. The van der Waals surface area contributed by atoms with Crippen LogP contribution in [0.25, 0.3) is 6.08 Å². The molecule has 4 rings (SSSR count). The third-order valence-electron chi connectivity index (χ3n) is 5.19. The molecule has 0 aliphatic carbocycles. The van der Waals surface area contributed by atoms with Gasteiger partial charge in [0.15, 0.2) is 18.1 Å². The van der Waals surface area contributed by atoms with Crippen molar-refractivity contribution in [2.45, 2.75) is 13.5 Å². The summed E-state index contributed by atoms with van der Waals surface area (Å²) < 4.78 is 11.3. The highest BCUT2D eigenvalue weighted by Crippen LogP contribution is 2.37. The van der Waals surface area contributed by atoms with Gasteiger partial charge in [-0.3, -0.25) is 14.5 Å². The first-order valence-corrected chi connectivity index (χ1v) is 11.6. The smallest absolute Gasteiger partial charge is 0.329 e.